The molecule has 1 aliphatic rings. The molecule has 1 saturated heterocycles. The second-order valence-electron chi connectivity index (χ2n) is 7.35. The largest absolute Gasteiger partial charge is 0.361 e. The number of rotatable bonds is 5. The first-order chi connectivity index (χ1) is 13.5. The minimum atomic E-state index is -0.314. The van der Waals surface area contributed by atoms with Gasteiger partial charge in [0.2, 0.25) is 11.8 Å². The lowest BCUT2D eigenvalue weighted by atomic mass is 10.1. The number of aromatic amines is 1. The van der Waals surface area contributed by atoms with Crippen molar-refractivity contribution in [3.63, 3.8) is 0 Å². The minimum Gasteiger partial charge on any atom is -0.361 e. The van der Waals surface area contributed by atoms with Crippen molar-refractivity contribution in [3.05, 3.63) is 64.8 Å². The minimum absolute atomic E-state index is 0.0296. The van der Waals surface area contributed by atoms with Crippen LogP contribution in [-0.2, 0) is 16.0 Å². The lowest BCUT2D eigenvalue weighted by molar-refractivity contribution is -0.128. The summed E-state index contributed by atoms with van der Waals surface area (Å²) in [6.45, 7) is 3.05. The van der Waals surface area contributed by atoms with Gasteiger partial charge in [-0.25, -0.2) is 0 Å². The number of anilines is 1. The molecule has 1 aliphatic heterocycles. The van der Waals surface area contributed by atoms with Gasteiger partial charge in [0.05, 0.1) is 5.92 Å². The van der Waals surface area contributed by atoms with E-state index in [0.717, 1.165) is 34.1 Å². The molecule has 1 fully saturated rings. The number of benzene rings is 2. The molecule has 0 spiro atoms. The summed E-state index contributed by atoms with van der Waals surface area (Å²) >= 11 is 6.10. The van der Waals surface area contributed by atoms with Crippen molar-refractivity contribution in [3.8, 4) is 0 Å². The highest BCUT2D eigenvalue weighted by atomic mass is 35.5. The van der Waals surface area contributed by atoms with E-state index in [2.05, 4.69) is 10.3 Å². The Morgan fingerprint density at radius 2 is 2.04 bits per heavy atom. The molecule has 1 atom stereocenters. The van der Waals surface area contributed by atoms with Gasteiger partial charge in [-0.1, -0.05) is 29.3 Å². The van der Waals surface area contributed by atoms with Crippen molar-refractivity contribution < 1.29 is 9.59 Å². The summed E-state index contributed by atoms with van der Waals surface area (Å²) in [7, 11) is 0. The molecule has 3 aromatic rings. The molecule has 144 valence electrons. The Labute approximate surface area is 168 Å². The number of carbonyl (C=O) groups excluding carboxylic acids is 2. The third-order valence-corrected chi connectivity index (χ3v) is 5.52. The van der Waals surface area contributed by atoms with Gasteiger partial charge in [0, 0.05) is 47.3 Å². The van der Waals surface area contributed by atoms with Gasteiger partial charge in [-0.05, 0) is 49.2 Å². The normalized spacial score (nSPS) is 16.7. The molecule has 2 N–H and O–H groups in total. The number of aryl methyl sites for hydroxylation is 1. The molecule has 2 heterocycles. The van der Waals surface area contributed by atoms with Crippen LogP contribution < -0.4 is 5.32 Å². The number of aromatic nitrogens is 1. The summed E-state index contributed by atoms with van der Waals surface area (Å²) in [4.78, 5) is 29.9. The lowest BCUT2D eigenvalue weighted by Crippen LogP contribution is -2.30. The third kappa shape index (κ3) is 3.90. The topological polar surface area (TPSA) is 65.2 Å². The molecule has 4 rings (SSSR count). The van der Waals surface area contributed by atoms with Crippen LogP contribution in [0.1, 0.15) is 17.5 Å². The van der Waals surface area contributed by atoms with Crippen LogP contribution >= 0.6 is 11.6 Å². The first kappa shape index (κ1) is 18.6. The summed E-state index contributed by atoms with van der Waals surface area (Å²) in [6.07, 6.45) is 2.94. The Kier molecular flexibility index (Phi) is 5.09. The average molecular weight is 396 g/mol. The molecule has 0 unspecified atom stereocenters. The van der Waals surface area contributed by atoms with Crippen LogP contribution in [-0.4, -0.2) is 34.8 Å². The Morgan fingerprint density at radius 3 is 2.82 bits per heavy atom. The molecule has 5 nitrogen and oxygen atoms in total. The van der Waals surface area contributed by atoms with Crippen LogP contribution in [0, 0.1) is 12.8 Å². The maximum Gasteiger partial charge on any atom is 0.229 e. The van der Waals surface area contributed by atoms with Gasteiger partial charge in [-0.2, -0.15) is 0 Å². The van der Waals surface area contributed by atoms with Crippen molar-refractivity contribution >= 4 is 40.0 Å². The van der Waals surface area contributed by atoms with E-state index < -0.39 is 0 Å². The second kappa shape index (κ2) is 7.68. The van der Waals surface area contributed by atoms with Crippen molar-refractivity contribution in [2.24, 2.45) is 5.92 Å². The fourth-order valence-corrected chi connectivity index (χ4v) is 3.83. The van der Waals surface area contributed by atoms with Gasteiger partial charge in [0.15, 0.2) is 0 Å². The van der Waals surface area contributed by atoms with Gasteiger partial charge in [0.25, 0.3) is 0 Å². The Balaban J connectivity index is 1.37. The van der Waals surface area contributed by atoms with E-state index in [9.17, 15) is 9.59 Å². The quantitative estimate of drug-likeness (QED) is 0.681. The molecule has 28 heavy (non-hydrogen) atoms. The van der Waals surface area contributed by atoms with Crippen molar-refractivity contribution in [1.29, 1.82) is 0 Å². The molecule has 6 heteroatoms. The Bertz CT molecular complexity index is 1030. The molecule has 1 aromatic heterocycles. The molecule has 2 aromatic carbocycles. The smallest absolute Gasteiger partial charge is 0.229 e. The predicted molar refractivity (Wildman–Crippen MR) is 112 cm³/mol. The summed E-state index contributed by atoms with van der Waals surface area (Å²) in [5.41, 5.74) is 4.05. The fraction of sp³-hybridized carbons (Fsp3) is 0.273. The van der Waals surface area contributed by atoms with E-state index in [1.807, 2.05) is 55.6 Å². The van der Waals surface area contributed by atoms with Crippen LogP contribution in [0.4, 0.5) is 5.69 Å². The van der Waals surface area contributed by atoms with Crippen LogP contribution in [0.5, 0.6) is 0 Å². The van der Waals surface area contributed by atoms with Gasteiger partial charge in [-0.3, -0.25) is 9.59 Å². The maximum atomic E-state index is 12.5. The number of H-pyrrole nitrogens is 1. The molecule has 0 radical (unpaired) electrons. The zero-order valence-corrected chi connectivity index (χ0v) is 16.4. The van der Waals surface area contributed by atoms with Gasteiger partial charge in [0.1, 0.15) is 0 Å². The fourth-order valence-electron chi connectivity index (χ4n) is 3.66. The highest BCUT2D eigenvalue weighted by Crippen LogP contribution is 2.25. The van der Waals surface area contributed by atoms with Gasteiger partial charge < -0.3 is 15.2 Å². The highest BCUT2D eigenvalue weighted by Gasteiger charge is 2.34. The lowest BCUT2D eigenvalue weighted by Gasteiger charge is -2.16. The Hall–Kier alpha value is -2.79. The summed E-state index contributed by atoms with van der Waals surface area (Å²) < 4.78 is 0. The van der Waals surface area contributed by atoms with Crippen LogP contribution in [0.3, 0.4) is 0 Å². The summed E-state index contributed by atoms with van der Waals surface area (Å²) in [5.74, 6) is -0.383. The van der Waals surface area contributed by atoms with Crippen molar-refractivity contribution in [1.82, 2.24) is 9.88 Å². The monoisotopic (exact) mass is 395 g/mol. The average Bonchev–Trinajstić information content (AvgIpc) is 3.25. The number of nitrogens with one attached hydrogen (secondary N) is 2. The Morgan fingerprint density at radius 1 is 1.25 bits per heavy atom. The van der Waals surface area contributed by atoms with E-state index >= 15 is 0 Å². The van der Waals surface area contributed by atoms with Gasteiger partial charge in [-0.15, -0.1) is 0 Å². The van der Waals surface area contributed by atoms with Crippen LogP contribution in [0.25, 0.3) is 10.9 Å². The molecule has 0 bridgehead atoms. The number of amides is 2. The number of hydrogen-bond donors (Lipinski definition) is 2. The molecular weight excluding hydrogens is 374 g/mol. The predicted octanol–water partition coefficient (Wildman–Crippen LogP) is 4.16. The zero-order valence-electron chi connectivity index (χ0n) is 15.7. The highest BCUT2D eigenvalue weighted by molar-refractivity contribution is 6.31. The van der Waals surface area contributed by atoms with Gasteiger partial charge >= 0.3 is 0 Å². The number of halogens is 1. The SMILES string of the molecule is Cc1ccc(NC(=O)[C@H]2CC(=O)N(CCc3c[nH]c4ccc(Cl)cc34)C2)cc1. The second-order valence-corrected chi connectivity index (χ2v) is 7.79. The first-order valence-corrected chi connectivity index (χ1v) is 9.78. The van der Waals surface area contributed by atoms with E-state index in [0.29, 0.717) is 18.1 Å². The molecule has 0 saturated carbocycles. The standard InChI is InChI=1S/C22H22ClN3O2/c1-14-2-5-18(6-3-14)25-22(28)16-10-21(27)26(13-16)9-8-15-12-24-20-7-4-17(23)11-19(15)20/h2-7,11-12,16,24H,8-10,13H2,1H3,(H,25,28)/t16-/m0/s1. The molecule has 0 aliphatic carbocycles. The number of fused-ring (bicyclic) bond motifs is 1. The van der Waals surface area contributed by atoms with E-state index in [4.69, 9.17) is 11.6 Å². The number of carbonyl (C=O) groups is 2. The molecular formula is C22H22ClN3O2. The number of nitrogens with zero attached hydrogens (tertiary/aromatic N) is 1. The third-order valence-electron chi connectivity index (χ3n) is 5.28. The van der Waals surface area contributed by atoms with E-state index in [-0.39, 0.29) is 24.2 Å². The number of likely N-dealkylation sites (tertiary alicyclic amines) is 1. The summed E-state index contributed by atoms with van der Waals surface area (Å²) in [6, 6.07) is 13.4. The zero-order chi connectivity index (χ0) is 19.7. The van der Waals surface area contributed by atoms with E-state index in [1.165, 1.54) is 0 Å². The first-order valence-electron chi connectivity index (χ1n) is 9.40. The molecule has 2 amide bonds. The van der Waals surface area contributed by atoms with Crippen molar-refractivity contribution in [2.45, 2.75) is 19.8 Å². The van der Waals surface area contributed by atoms with E-state index in [1.54, 1.807) is 4.90 Å². The van der Waals surface area contributed by atoms with Crippen LogP contribution in [0.2, 0.25) is 5.02 Å². The van der Waals surface area contributed by atoms with Crippen LogP contribution in [0.15, 0.2) is 48.7 Å². The maximum absolute atomic E-state index is 12.5. The summed E-state index contributed by atoms with van der Waals surface area (Å²) in [5, 5.41) is 4.68. The van der Waals surface area contributed by atoms with Crippen molar-refractivity contribution in [2.75, 3.05) is 18.4 Å². The number of hydrogen-bond acceptors (Lipinski definition) is 2.